The van der Waals surface area contributed by atoms with Crippen molar-refractivity contribution in [3.05, 3.63) is 0 Å². The minimum absolute atomic E-state index is 0.0440. The van der Waals surface area contributed by atoms with Gasteiger partial charge in [-0.05, 0) is 17.3 Å². The maximum Gasteiger partial charge on any atom is 0.305 e. The van der Waals surface area contributed by atoms with Crippen LogP contribution in [0.15, 0.2) is 0 Å². The van der Waals surface area contributed by atoms with Crippen LogP contribution < -0.4 is 0 Å². The highest BCUT2D eigenvalue weighted by Crippen LogP contribution is 2.61. The molecule has 4 heteroatoms. The molecule has 0 aliphatic heterocycles. The van der Waals surface area contributed by atoms with Gasteiger partial charge in [-0.1, -0.05) is 13.8 Å². The van der Waals surface area contributed by atoms with E-state index < -0.39 is 0 Å². The summed E-state index contributed by atoms with van der Waals surface area (Å²) in [5.41, 5.74) is 0.0440. The quantitative estimate of drug-likeness (QED) is 0.663. The van der Waals surface area contributed by atoms with Crippen molar-refractivity contribution in [1.82, 2.24) is 0 Å². The summed E-state index contributed by atoms with van der Waals surface area (Å²) in [5.74, 6) is 0.0639. The molecule has 0 N–H and O–H groups in total. The van der Waals surface area contributed by atoms with Gasteiger partial charge >= 0.3 is 11.9 Å². The number of hydrogen-bond acceptors (Lipinski definition) is 4. The average Bonchev–Trinajstić information content (AvgIpc) is 2.68. The smallest absolute Gasteiger partial charge is 0.305 e. The van der Waals surface area contributed by atoms with E-state index in [1.807, 2.05) is 0 Å². The van der Waals surface area contributed by atoms with Crippen LogP contribution in [-0.4, -0.2) is 26.2 Å². The Labute approximate surface area is 89.9 Å². The summed E-state index contributed by atoms with van der Waals surface area (Å²) < 4.78 is 9.24. The van der Waals surface area contributed by atoms with Gasteiger partial charge in [0, 0.05) is 12.8 Å². The normalized spacial score (nSPS) is 26.9. The summed E-state index contributed by atoms with van der Waals surface area (Å²) in [6.45, 7) is 4.13. The molecule has 0 radical (unpaired) electrons. The van der Waals surface area contributed by atoms with Crippen molar-refractivity contribution in [1.29, 1.82) is 0 Å². The number of methoxy groups -OCH3 is 2. The molecule has 2 unspecified atom stereocenters. The largest absolute Gasteiger partial charge is 0.469 e. The molecule has 0 saturated heterocycles. The van der Waals surface area contributed by atoms with Gasteiger partial charge in [-0.15, -0.1) is 0 Å². The lowest BCUT2D eigenvalue weighted by atomic mass is 10.1. The number of hydrogen-bond donors (Lipinski definition) is 0. The molecule has 0 aromatic rings. The lowest BCUT2D eigenvalue weighted by molar-refractivity contribution is -0.143. The molecule has 0 bridgehead atoms. The molecule has 1 aliphatic carbocycles. The minimum Gasteiger partial charge on any atom is -0.469 e. The number of carbonyl (C=O) groups excluding carboxylic acids is 2. The summed E-state index contributed by atoms with van der Waals surface area (Å²) in [6, 6.07) is 0. The SMILES string of the molecule is COC(=O)CC1C(CC(=O)OC)C1(C)C. The van der Waals surface area contributed by atoms with Gasteiger partial charge < -0.3 is 9.47 Å². The molecule has 2 atom stereocenters. The van der Waals surface area contributed by atoms with E-state index in [1.165, 1.54) is 14.2 Å². The predicted octanol–water partition coefficient (Wildman–Crippen LogP) is 1.38. The van der Waals surface area contributed by atoms with E-state index in [0.717, 1.165) is 0 Å². The molecule has 1 rings (SSSR count). The Balaban J connectivity index is 2.48. The second-order valence-electron chi connectivity index (χ2n) is 4.59. The van der Waals surface area contributed by atoms with Gasteiger partial charge in [-0.25, -0.2) is 0 Å². The highest BCUT2D eigenvalue weighted by Gasteiger charge is 2.58. The Morgan fingerprint density at radius 1 is 1.00 bits per heavy atom. The molecule has 86 valence electrons. The molecule has 15 heavy (non-hydrogen) atoms. The van der Waals surface area contributed by atoms with Crippen molar-refractivity contribution < 1.29 is 19.1 Å². The Hall–Kier alpha value is -1.06. The summed E-state index contributed by atoms with van der Waals surface area (Å²) in [5, 5.41) is 0. The van der Waals surface area contributed by atoms with E-state index in [1.54, 1.807) is 0 Å². The van der Waals surface area contributed by atoms with Crippen LogP contribution in [0.2, 0.25) is 0 Å². The lowest BCUT2D eigenvalue weighted by Gasteiger charge is -2.01. The Bertz CT molecular complexity index is 244. The van der Waals surface area contributed by atoms with Crippen LogP contribution in [0, 0.1) is 17.3 Å². The zero-order valence-electron chi connectivity index (χ0n) is 9.70. The molecule has 0 spiro atoms. The number of rotatable bonds is 4. The average molecular weight is 214 g/mol. The lowest BCUT2D eigenvalue weighted by Crippen LogP contribution is -2.05. The third-order valence-corrected chi connectivity index (χ3v) is 3.52. The van der Waals surface area contributed by atoms with Crippen molar-refractivity contribution in [3.63, 3.8) is 0 Å². The molecule has 0 heterocycles. The van der Waals surface area contributed by atoms with Gasteiger partial charge in [-0.3, -0.25) is 9.59 Å². The van der Waals surface area contributed by atoms with E-state index in [0.29, 0.717) is 12.8 Å². The highest BCUT2D eigenvalue weighted by molar-refractivity contribution is 5.72. The van der Waals surface area contributed by atoms with Crippen LogP contribution >= 0.6 is 0 Å². The fourth-order valence-corrected chi connectivity index (χ4v) is 2.19. The monoisotopic (exact) mass is 214 g/mol. The maximum atomic E-state index is 11.1. The van der Waals surface area contributed by atoms with Crippen molar-refractivity contribution in [3.8, 4) is 0 Å². The highest BCUT2D eigenvalue weighted by atomic mass is 16.5. The van der Waals surface area contributed by atoms with Crippen LogP contribution in [0.1, 0.15) is 26.7 Å². The minimum atomic E-state index is -0.208. The Morgan fingerprint density at radius 3 is 1.60 bits per heavy atom. The van der Waals surface area contributed by atoms with Crippen molar-refractivity contribution in [2.24, 2.45) is 17.3 Å². The Kier molecular flexibility index (Phi) is 3.37. The fourth-order valence-electron chi connectivity index (χ4n) is 2.19. The molecular weight excluding hydrogens is 196 g/mol. The summed E-state index contributed by atoms with van der Waals surface area (Å²) in [4.78, 5) is 22.2. The molecule has 0 aromatic carbocycles. The first kappa shape index (κ1) is 12.0. The first-order valence-electron chi connectivity index (χ1n) is 5.07. The van der Waals surface area contributed by atoms with Crippen LogP contribution in [0.25, 0.3) is 0 Å². The number of ether oxygens (including phenoxy) is 2. The maximum absolute atomic E-state index is 11.1. The van der Waals surface area contributed by atoms with E-state index >= 15 is 0 Å². The van der Waals surface area contributed by atoms with Crippen molar-refractivity contribution in [2.75, 3.05) is 14.2 Å². The fraction of sp³-hybridized carbons (Fsp3) is 0.818. The van der Waals surface area contributed by atoms with Crippen LogP contribution in [0.4, 0.5) is 0 Å². The first-order valence-corrected chi connectivity index (χ1v) is 5.07. The van der Waals surface area contributed by atoms with E-state index in [9.17, 15) is 9.59 Å². The van der Waals surface area contributed by atoms with Crippen LogP contribution in [-0.2, 0) is 19.1 Å². The predicted molar refractivity (Wildman–Crippen MR) is 54.0 cm³/mol. The van der Waals surface area contributed by atoms with E-state index in [4.69, 9.17) is 0 Å². The van der Waals surface area contributed by atoms with Gasteiger partial charge in [0.2, 0.25) is 0 Å². The first-order chi connectivity index (χ1) is 6.93. The van der Waals surface area contributed by atoms with Gasteiger partial charge in [-0.2, -0.15) is 0 Å². The second kappa shape index (κ2) is 4.21. The molecular formula is C11H18O4. The molecule has 1 aliphatic rings. The van der Waals surface area contributed by atoms with Crippen LogP contribution in [0.3, 0.4) is 0 Å². The zero-order chi connectivity index (χ0) is 11.6. The van der Waals surface area contributed by atoms with Gasteiger partial charge in [0.1, 0.15) is 0 Å². The van der Waals surface area contributed by atoms with Gasteiger partial charge in [0.05, 0.1) is 14.2 Å². The van der Waals surface area contributed by atoms with Gasteiger partial charge in [0.25, 0.3) is 0 Å². The summed E-state index contributed by atoms with van der Waals surface area (Å²) in [7, 11) is 2.76. The molecule has 1 saturated carbocycles. The third-order valence-electron chi connectivity index (χ3n) is 3.52. The molecule has 4 nitrogen and oxygen atoms in total. The number of carbonyl (C=O) groups is 2. The van der Waals surface area contributed by atoms with Crippen LogP contribution in [0.5, 0.6) is 0 Å². The Morgan fingerprint density at radius 2 is 1.33 bits per heavy atom. The summed E-state index contributed by atoms with van der Waals surface area (Å²) in [6.07, 6.45) is 0.788. The van der Waals surface area contributed by atoms with Crippen molar-refractivity contribution in [2.45, 2.75) is 26.7 Å². The third kappa shape index (κ3) is 2.49. The van der Waals surface area contributed by atoms with Gasteiger partial charge in [0.15, 0.2) is 0 Å². The molecule has 0 aromatic heterocycles. The molecule has 0 amide bonds. The van der Waals surface area contributed by atoms with Crippen molar-refractivity contribution >= 4 is 11.9 Å². The summed E-state index contributed by atoms with van der Waals surface area (Å²) >= 11 is 0. The number of esters is 2. The standard InChI is InChI=1S/C11H18O4/c1-11(2)7(5-9(12)14-3)8(11)6-10(13)15-4/h7-8H,5-6H2,1-4H3. The zero-order valence-corrected chi connectivity index (χ0v) is 9.70. The van der Waals surface area contributed by atoms with E-state index in [2.05, 4.69) is 23.3 Å². The second-order valence-corrected chi connectivity index (χ2v) is 4.59. The molecule has 1 fully saturated rings. The van der Waals surface area contributed by atoms with E-state index in [-0.39, 0.29) is 29.2 Å². The topological polar surface area (TPSA) is 52.6 Å².